The summed E-state index contributed by atoms with van der Waals surface area (Å²) >= 11 is 0. The molecule has 1 saturated heterocycles. The Balaban J connectivity index is 1.86. The lowest BCUT2D eigenvalue weighted by atomic mass is 10.2. The third kappa shape index (κ3) is 4.84. The highest BCUT2D eigenvalue weighted by molar-refractivity contribution is 5.78. The molecule has 0 saturated carbocycles. The van der Waals surface area contributed by atoms with Crippen molar-refractivity contribution in [3.63, 3.8) is 0 Å². The molecule has 2 amide bonds. The van der Waals surface area contributed by atoms with Crippen LogP contribution in [0.1, 0.15) is 25.8 Å². The zero-order valence-corrected chi connectivity index (χ0v) is 13.3. The molecule has 1 fully saturated rings. The lowest BCUT2D eigenvalue weighted by Crippen LogP contribution is -2.45. The Morgan fingerprint density at radius 3 is 2.68 bits per heavy atom. The van der Waals surface area contributed by atoms with Crippen molar-refractivity contribution in [2.45, 2.75) is 32.9 Å². The maximum atomic E-state index is 12.3. The maximum absolute atomic E-state index is 12.3. The molecule has 1 aromatic carbocycles. The molecule has 5 nitrogen and oxygen atoms in total. The van der Waals surface area contributed by atoms with Crippen LogP contribution in [0.15, 0.2) is 30.3 Å². The fourth-order valence-corrected chi connectivity index (χ4v) is 2.59. The van der Waals surface area contributed by atoms with Gasteiger partial charge in [0.25, 0.3) is 0 Å². The van der Waals surface area contributed by atoms with E-state index in [0.717, 1.165) is 5.56 Å². The van der Waals surface area contributed by atoms with Gasteiger partial charge in [-0.15, -0.1) is 0 Å². The molecule has 1 aliphatic rings. The van der Waals surface area contributed by atoms with Crippen LogP contribution in [0.2, 0.25) is 0 Å². The molecule has 2 rings (SSSR count). The number of morpholine rings is 1. The summed E-state index contributed by atoms with van der Waals surface area (Å²) in [5, 5.41) is 0. The van der Waals surface area contributed by atoms with E-state index in [9.17, 15) is 9.59 Å². The number of amides is 2. The molecule has 5 heteroatoms. The molecule has 120 valence electrons. The molecule has 1 heterocycles. The molecule has 1 atom stereocenters. The molecule has 1 unspecified atom stereocenters. The van der Waals surface area contributed by atoms with Crippen molar-refractivity contribution < 1.29 is 14.3 Å². The topological polar surface area (TPSA) is 49.9 Å². The smallest absolute Gasteiger partial charge is 0.224 e. The fourth-order valence-electron chi connectivity index (χ4n) is 2.59. The van der Waals surface area contributed by atoms with Crippen LogP contribution in [0.4, 0.5) is 0 Å². The predicted molar refractivity (Wildman–Crippen MR) is 84.1 cm³/mol. The van der Waals surface area contributed by atoms with Crippen LogP contribution < -0.4 is 0 Å². The number of nitrogens with zero attached hydrogens (tertiary/aromatic N) is 2. The number of hydrogen-bond acceptors (Lipinski definition) is 3. The average Bonchev–Trinajstić information content (AvgIpc) is 2.51. The molecule has 1 aromatic rings. The molecule has 0 spiro atoms. The number of carbonyl (C=O) groups excluding carboxylic acids is 2. The van der Waals surface area contributed by atoms with E-state index in [-0.39, 0.29) is 17.9 Å². The van der Waals surface area contributed by atoms with E-state index in [1.54, 1.807) is 11.8 Å². The lowest BCUT2D eigenvalue weighted by Gasteiger charge is -2.32. The van der Waals surface area contributed by atoms with Gasteiger partial charge in [-0.3, -0.25) is 9.59 Å². The van der Waals surface area contributed by atoms with Crippen molar-refractivity contribution in [3.05, 3.63) is 35.9 Å². The minimum Gasteiger partial charge on any atom is -0.375 e. The Morgan fingerprint density at radius 1 is 1.32 bits per heavy atom. The Morgan fingerprint density at radius 2 is 2.05 bits per heavy atom. The van der Waals surface area contributed by atoms with Crippen LogP contribution in [-0.4, -0.2) is 54.0 Å². The highest BCUT2D eigenvalue weighted by Gasteiger charge is 2.22. The van der Waals surface area contributed by atoms with Gasteiger partial charge in [0.15, 0.2) is 0 Å². The van der Waals surface area contributed by atoms with Gasteiger partial charge in [0.05, 0.1) is 12.7 Å². The molecule has 1 aliphatic heterocycles. The van der Waals surface area contributed by atoms with Gasteiger partial charge in [-0.1, -0.05) is 30.3 Å². The predicted octanol–water partition coefficient (Wildman–Crippen LogP) is 1.67. The number of rotatable bonds is 5. The number of hydrogen-bond donors (Lipinski definition) is 0. The first-order valence-corrected chi connectivity index (χ1v) is 7.75. The first-order valence-electron chi connectivity index (χ1n) is 7.75. The summed E-state index contributed by atoms with van der Waals surface area (Å²) in [5.41, 5.74) is 1.07. The monoisotopic (exact) mass is 304 g/mol. The fraction of sp³-hybridized carbons (Fsp3) is 0.529. The Hall–Kier alpha value is -1.88. The van der Waals surface area contributed by atoms with Gasteiger partial charge >= 0.3 is 0 Å². The standard InChI is InChI=1S/C17H24N2O3/c1-14-12-19(10-11-22-14)17(21)8-9-18(15(2)20)13-16-6-4-3-5-7-16/h3-7,14H,8-13H2,1-2H3. The van der Waals surface area contributed by atoms with E-state index in [0.29, 0.717) is 39.2 Å². The van der Waals surface area contributed by atoms with Crippen LogP contribution in [-0.2, 0) is 20.9 Å². The summed E-state index contributed by atoms with van der Waals surface area (Å²) in [7, 11) is 0. The minimum atomic E-state index is -0.00741. The lowest BCUT2D eigenvalue weighted by molar-refractivity contribution is -0.139. The van der Waals surface area contributed by atoms with Gasteiger partial charge in [0.1, 0.15) is 0 Å². The first-order chi connectivity index (χ1) is 10.6. The van der Waals surface area contributed by atoms with E-state index >= 15 is 0 Å². The third-order valence-electron chi connectivity index (χ3n) is 3.85. The van der Waals surface area contributed by atoms with Crippen LogP contribution >= 0.6 is 0 Å². The molecule has 0 radical (unpaired) electrons. The number of ether oxygens (including phenoxy) is 1. The molecule has 22 heavy (non-hydrogen) atoms. The van der Waals surface area contributed by atoms with Gasteiger partial charge in [-0.25, -0.2) is 0 Å². The van der Waals surface area contributed by atoms with Crippen molar-refractivity contribution >= 4 is 11.8 Å². The van der Waals surface area contributed by atoms with Gasteiger partial charge in [-0.2, -0.15) is 0 Å². The van der Waals surface area contributed by atoms with Crippen molar-refractivity contribution in [2.75, 3.05) is 26.2 Å². The van der Waals surface area contributed by atoms with Crippen LogP contribution in [0, 0.1) is 0 Å². The van der Waals surface area contributed by atoms with E-state index in [1.807, 2.05) is 42.2 Å². The zero-order valence-electron chi connectivity index (χ0n) is 13.3. The minimum absolute atomic E-state index is 0.00741. The van der Waals surface area contributed by atoms with Gasteiger partial charge in [-0.05, 0) is 12.5 Å². The Bertz CT molecular complexity index is 504. The van der Waals surface area contributed by atoms with E-state index in [1.165, 1.54) is 0 Å². The van der Waals surface area contributed by atoms with Crippen LogP contribution in [0.3, 0.4) is 0 Å². The molecule has 0 aliphatic carbocycles. The van der Waals surface area contributed by atoms with Gasteiger partial charge in [0, 0.05) is 39.5 Å². The largest absolute Gasteiger partial charge is 0.375 e. The maximum Gasteiger partial charge on any atom is 0.224 e. The van der Waals surface area contributed by atoms with E-state index < -0.39 is 0 Å². The van der Waals surface area contributed by atoms with Gasteiger partial charge < -0.3 is 14.5 Å². The Kier molecular flexibility index (Phi) is 5.95. The second-order valence-electron chi connectivity index (χ2n) is 5.70. The zero-order chi connectivity index (χ0) is 15.9. The van der Waals surface area contributed by atoms with Gasteiger partial charge in [0.2, 0.25) is 11.8 Å². The summed E-state index contributed by atoms with van der Waals surface area (Å²) in [6, 6.07) is 9.83. The summed E-state index contributed by atoms with van der Waals surface area (Å²) < 4.78 is 5.44. The van der Waals surface area contributed by atoms with Crippen molar-refractivity contribution in [3.8, 4) is 0 Å². The third-order valence-corrected chi connectivity index (χ3v) is 3.85. The highest BCUT2D eigenvalue weighted by atomic mass is 16.5. The summed E-state index contributed by atoms with van der Waals surface area (Å²) in [6.45, 7) is 6.38. The highest BCUT2D eigenvalue weighted by Crippen LogP contribution is 2.09. The molecular formula is C17H24N2O3. The SMILES string of the molecule is CC(=O)N(CCC(=O)N1CCOC(C)C1)Cc1ccccc1. The van der Waals surface area contributed by atoms with E-state index in [4.69, 9.17) is 4.74 Å². The van der Waals surface area contributed by atoms with Crippen LogP contribution in [0.5, 0.6) is 0 Å². The number of benzene rings is 1. The molecular weight excluding hydrogens is 280 g/mol. The molecule has 0 N–H and O–H groups in total. The van der Waals surface area contributed by atoms with Crippen molar-refractivity contribution in [2.24, 2.45) is 0 Å². The normalized spacial score (nSPS) is 18.1. The Labute approximate surface area is 131 Å². The molecule has 0 bridgehead atoms. The first kappa shape index (κ1) is 16.5. The summed E-state index contributed by atoms with van der Waals surface area (Å²) in [4.78, 5) is 27.6. The quantitative estimate of drug-likeness (QED) is 0.831. The number of carbonyl (C=O) groups is 2. The van der Waals surface area contributed by atoms with Crippen molar-refractivity contribution in [1.29, 1.82) is 0 Å². The molecule has 0 aromatic heterocycles. The summed E-state index contributed by atoms with van der Waals surface area (Å²) in [5.74, 6) is 0.0847. The second kappa shape index (κ2) is 7.94. The van der Waals surface area contributed by atoms with E-state index in [2.05, 4.69) is 0 Å². The second-order valence-corrected chi connectivity index (χ2v) is 5.70. The average molecular weight is 304 g/mol. The van der Waals surface area contributed by atoms with Crippen LogP contribution in [0.25, 0.3) is 0 Å². The van der Waals surface area contributed by atoms with Crippen molar-refractivity contribution in [1.82, 2.24) is 9.80 Å². The summed E-state index contributed by atoms with van der Waals surface area (Å²) in [6.07, 6.45) is 0.449.